The van der Waals surface area contributed by atoms with Crippen LogP contribution in [0.5, 0.6) is 0 Å². The minimum Gasteiger partial charge on any atom is -0.456 e. The molecule has 0 amide bonds. The van der Waals surface area contributed by atoms with E-state index in [1.54, 1.807) is 0 Å². The van der Waals surface area contributed by atoms with Crippen LogP contribution in [0.1, 0.15) is 22.3 Å². The van der Waals surface area contributed by atoms with Crippen molar-refractivity contribution in [1.29, 1.82) is 0 Å². The summed E-state index contributed by atoms with van der Waals surface area (Å²) in [5.41, 5.74) is 25.6. The Bertz CT molecular complexity index is 4620. The largest absolute Gasteiger partial charge is 0.456 e. The van der Waals surface area contributed by atoms with Gasteiger partial charge >= 0.3 is 0 Å². The van der Waals surface area contributed by atoms with E-state index in [1.165, 1.54) is 83.1 Å². The maximum Gasteiger partial charge on any atom is 0.136 e. The van der Waals surface area contributed by atoms with Crippen molar-refractivity contribution in [2.45, 2.75) is 5.41 Å². The average Bonchev–Trinajstić information content (AvgIpc) is 4.42. The quantitative estimate of drug-likeness (QED) is 0.159. The van der Waals surface area contributed by atoms with E-state index in [1.807, 2.05) is 12.1 Å². The molecule has 0 N–H and O–H groups in total. The molecule has 2 aromatic heterocycles. The second-order valence-electron chi connectivity index (χ2n) is 20.3. The molecule has 14 aromatic rings. The van der Waals surface area contributed by atoms with E-state index < -0.39 is 5.41 Å². The standard InChI is InChI=1S/C73H46N2O/c1-3-17-47(18-4-1)48-33-37-51(38-34-48)74(52-39-35-50(36-40-52)56-26-16-32-70-72(56)61-24-10-14-31-69(61)76-70)54-41-43-59-58-22-9-13-30-67(58)75(68(59)46-54)53-42-44-65-62(45-53)57-21-7-11-27-63(57)73(65)64-28-12-8-23-60(64)71-55(25-15-29-66(71)73)49-19-5-2-6-20-49/h1-46H. The Kier molecular flexibility index (Phi) is 9.25. The Balaban J connectivity index is 0.876. The number of rotatable bonds is 7. The zero-order valence-electron chi connectivity index (χ0n) is 41.4. The van der Waals surface area contributed by atoms with E-state index in [-0.39, 0.29) is 0 Å². The van der Waals surface area contributed by atoms with Crippen LogP contribution in [0.4, 0.5) is 17.1 Å². The smallest absolute Gasteiger partial charge is 0.136 e. The molecule has 2 aliphatic carbocycles. The van der Waals surface area contributed by atoms with Crippen molar-refractivity contribution in [3.63, 3.8) is 0 Å². The van der Waals surface area contributed by atoms with Crippen molar-refractivity contribution in [1.82, 2.24) is 4.57 Å². The lowest BCUT2D eigenvalue weighted by molar-refractivity contribution is 0.669. The molecule has 0 aliphatic heterocycles. The Labute approximate surface area is 440 Å². The summed E-state index contributed by atoms with van der Waals surface area (Å²) in [4.78, 5) is 2.40. The molecule has 2 aliphatic rings. The van der Waals surface area contributed by atoms with Crippen LogP contribution in [0, 0.1) is 0 Å². The van der Waals surface area contributed by atoms with Gasteiger partial charge in [0.2, 0.25) is 0 Å². The number of benzene rings is 12. The number of furan rings is 1. The number of hydrogen-bond donors (Lipinski definition) is 0. The lowest BCUT2D eigenvalue weighted by Crippen LogP contribution is -2.25. The molecule has 3 heteroatoms. The monoisotopic (exact) mass is 966 g/mol. The van der Waals surface area contributed by atoms with Gasteiger partial charge in [0.05, 0.1) is 16.4 Å². The van der Waals surface area contributed by atoms with Crippen LogP contribution in [0.25, 0.3) is 105 Å². The predicted molar refractivity (Wildman–Crippen MR) is 315 cm³/mol. The van der Waals surface area contributed by atoms with E-state index in [0.717, 1.165) is 61.3 Å². The van der Waals surface area contributed by atoms with Crippen LogP contribution in [-0.2, 0) is 5.41 Å². The van der Waals surface area contributed by atoms with Gasteiger partial charge in [0.15, 0.2) is 0 Å². The molecule has 76 heavy (non-hydrogen) atoms. The summed E-state index contributed by atoms with van der Waals surface area (Å²) in [6.07, 6.45) is 0. The van der Waals surface area contributed by atoms with Gasteiger partial charge in [-0.05, 0) is 145 Å². The molecule has 1 unspecified atom stereocenters. The van der Waals surface area contributed by atoms with Crippen molar-refractivity contribution in [3.05, 3.63) is 301 Å². The number of anilines is 3. The summed E-state index contributed by atoms with van der Waals surface area (Å²) in [5, 5.41) is 4.69. The van der Waals surface area contributed by atoms with Gasteiger partial charge in [-0.2, -0.15) is 0 Å². The van der Waals surface area contributed by atoms with E-state index in [2.05, 4.69) is 276 Å². The minimum atomic E-state index is -0.472. The number of fused-ring (bicyclic) bond motifs is 16. The third kappa shape index (κ3) is 6.11. The van der Waals surface area contributed by atoms with Gasteiger partial charge in [-0.3, -0.25) is 0 Å². The summed E-state index contributed by atoms with van der Waals surface area (Å²) < 4.78 is 8.81. The molecule has 0 saturated carbocycles. The van der Waals surface area contributed by atoms with Crippen LogP contribution in [0.15, 0.2) is 283 Å². The van der Waals surface area contributed by atoms with Gasteiger partial charge in [-0.25, -0.2) is 0 Å². The molecular formula is C73H46N2O. The highest BCUT2D eigenvalue weighted by Gasteiger charge is 2.52. The van der Waals surface area contributed by atoms with Gasteiger partial charge in [0.1, 0.15) is 11.2 Å². The summed E-state index contributed by atoms with van der Waals surface area (Å²) in [6, 6.07) is 103. The molecule has 3 nitrogen and oxygen atoms in total. The minimum absolute atomic E-state index is 0.472. The molecule has 0 fully saturated rings. The van der Waals surface area contributed by atoms with Crippen LogP contribution in [0.3, 0.4) is 0 Å². The third-order valence-corrected chi connectivity index (χ3v) is 16.4. The number of hydrogen-bond acceptors (Lipinski definition) is 2. The fourth-order valence-electron chi connectivity index (χ4n) is 13.2. The molecule has 0 saturated heterocycles. The number of aromatic nitrogens is 1. The summed E-state index contributed by atoms with van der Waals surface area (Å²) in [6.45, 7) is 0. The van der Waals surface area contributed by atoms with Crippen LogP contribution in [-0.4, -0.2) is 4.57 Å². The Morgan fingerprint density at radius 3 is 1.62 bits per heavy atom. The van der Waals surface area contributed by atoms with Crippen LogP contribution < -0.4 is 4.90 Å². The highest BCUT2D eigenvalue weighted by Crippen LogP contribution is 2.64. The van der Waals surface area contributed by atoms with E-state index in [4.69, 9.17) is 4.42 Å². The highest BCUT2D eigenvalue weighted by atomic mass is 16.3. The fraction of sp³-hybridized carbons (Fsp3) is 0.0137. The molecule has 16 rings (SSSR count). The van der Waals surface area contributed by atoms with Crippen molar-refractivity contribution in [2.75, 3.05) is 4.90 Å². The van der Waals surface area contributed by atoms with E-state index in [0.29, 0.717) is 0 Å². The fourth-order valence-corrected chi connectivity index (χ4v) is 13.2. The van der Waals surface area contributed by atoms with Gasteiger partial charge < -0.3 is 13.9 Å². The molecule has 12 aromatic carbocycles. The molecule has 2 heterocycles. The maximum atomic E-state index is 6.32. The van der Waals surface area contributed by atoms with Crippen molar-refractivity contribution < 1.29 is 4.42 Å². The first-order chi connectivity index (χ1) is 37.7. The second kappa shape index (κ2) is 16.5. The van der Waals surface area contributed by atoms with Crippen LogP contribution in [0.2, 0.25) is 0 Å². The normalized spacial score (nSPS) is 14.1. The zero-order valence-corrected chi connectivity index (χ0v) is 41.4. The van der Waals surface area contributed by atoms with Crippen LogP contribution >= 0.6 is 0 Å². The maximum absolute atomic E-state index is 6.32. The number of nitrogens with zero attached hydrogens (tertiary/aromatic N) is 2. The Morgan fingerprint density at radius 1 is 0.303 bits per heavy atom. The zero-order chi connectivity index (χ0) is 49.9. The molecule has 0 radical (unpaired) electrons. The molecule has 0 bridgehead atoms. The Morgan fingerprint density at radius 2 is 0.829 bits per heavy atom. The molecular weight excluding hydrogens is 921 g/mol. The molecule has 354 valence electrons. The first-order valence-electron chi connectivity index (χ1n) is 26.2. The van der Waals surface area contributed by atoms with Gasteiger partial charge in [0, 0.05) is 44.3 Å². The third-order valence-electron chi connectivity index (χ3n) is 16.4. The van der Waals surface area contributed by atoms with Gasteiger partial charge in [-0.15, -0.1) is 0 Å². The highest BCUT2D eigenvalue weighted by molar-refractivity contribution is 6.13. The molecule has 1 atom stereocenters. The second-order valence-corrected chi connectivity index (χ2v) is 20.3. The summed E-state index contributed by atoms with van der Waals surface area (Å²) >= 11 is 0. The van der Waals surface area contributed by atoms with E-state index >= 15 is 0 Å². The lowest BCUT2D eigenvalue weighted by atomic mass is 9.70. The van der Waals surface area contributed by atoms with Gasteiger partial charge in [-0.1, -0.05) is 212 Å². The first-order valence-corrected chi connectivity index (χ1v) is 26.2. The summed E-state index contributed by atoms with van der Waals surface area (Å²) in [7, 11) is 0. The average molecular weight is 967 g/mol. The van der Waals surface area contributed by atoms with Crippen molar-refractivity contribution in [3.8, 4) is 61.3 Å². The first kappa shape index (κ1) is 42.5. The summed E-state index contributed by atoms with van der Waals surface area (Å²) in [5.74, 6) is 0. The lowest BCUT2D eigenvalue weighted by Gasteiger charge is -2.30. The van der Waals surface area contributed by atoms with Gasteiger partial charge in [0.25, 0.3) is 0 Å². The SMILES string of the molecule is c1ccc(-c2ccc(N(c3ccc(-c4cccc5oc6ccccc6c45)cc3)c3ccc4c5ccccc5n(-c5ccc6c(c5)-c5ccccc5C65c6ccccc6-c6c(-c7ccccc7)cccc65)c4c3)cc2)cc1. The van der Waals surface area contributed by atoms with Crippen molar-refractivity contribution >= 4 is 60.8 Å². The molecule has 1 spiro atoms. The predicted octanol–water partition coefficient (Wildman–Crippen LogP) is 19.5. The topological polar surface area (TPSA) is 21.3 Å². The number of para-hydroxylation sites is 2. The van der Waals surface area contributed by atoms with Crippen molar-refractivity contribution in [2.24, 2.45) is 0 Å². The van der Waals surface area contributed by atoms with E-state index in [9.17, 15) is 0 Å². The Hall–Kier alpha value is -9.96.